The summed E-state index contributed by atoms with van der Waals surface area (Å²) in [4.78, 5) is 35.4. The van der Waals surface area contributed by atoms with Crippen molar-refractivity contribution >= 4 is 47.5 Å². The van der Waals surface area contributed by atoms with Crippen molar-refractivity contribution in [2.24, 2.45) is 0 Å². The van der Waals surface area contributed by atoms with Crippen molar-refractivity contribution in [2.45, 2.75) is 13.8 Å². The number of carbonyl (C=O) groups is 3. The molecule has 0 heterocycles. The van der Waals surface area contributed by atoms with Gasteiger partial charge in [-0.25, -0.2) is 0 Å². The van der Waals surface area contributed by atoms with Crippen LogP contribution in [0.15, 0.2) is 60.2 Å². The van der Waals surface area contributed by atoms with E-state index in [2.05, 4.69) is 10.6 Å². The van der Waals surface area contributed by atoms with E-state index in [-0.39, 0.29) is 15.7 Å². The number of carbonyl (C=O) groups excluding carboxylic acids is 3. The number of anilines is 2. The van der Waals surface area contributed by atoms with E-state index in [0.717, 1.165) is 6.08 Å². The normalized spacial score (nSPS) is 11.6. The first kappa shape index (κ1) is 21.4. The van der Waals surface area contributed by atoms with Crippen molar-refractivity contribution in [1.29, 1.82) is 0 Å². The maximum absolute atomic E-state index is 12.2. The van der Waals surface area contributed by atoms with Gasteiger partial charge in [0, 0.05) is 5.56 Å². The van der Waals surface area contributed by atoms with Crippen LogP contribution >= 0.6 is 0 Å². The molecule has 0 aliphatic carbocycles. The summed E-state index contributed by atoms with van der Waals surface area (Å²) in [6, 6.07) is 11.6. The molecule has 0 fully saturated rings. The molecule has 0 bridgehead atoms. The Balaban J connectivity index is 1.99. The number of benzene rings is 2. The van der Waals surface area contributed by atoms with Crippen LogP contribution in [0.2, 0.25) is 0 Å². The van der Waals surface area contributed by atoms with Gasteiger partial charge in [-0.2, -0.15) is 0 Å². The van der Waals surface area contributed by atoms with Crippen molar-refractivity contribution in [1.82, 2.24) is 0 Å². The molecular weight excluding hydrogens is 427 g/mol. The molecule has 0 aliphatic heterocycles. The molecule has 8 nitrogen and oxygen atoms in total. The van der Waals surface area contributed by atoms with Gasteiger partial charge in [0.15, 0.2) is 5.78 Å². The summed E-state index contributed by atoms with van der Waals surface area (Å²) in [6.45, 7) is 2.91. The van der Waals surface area contributed by atoms with Gasteiger partial charge >= 0.3 is 129 Å². The molecule has 0 atom stereocenters. The molecule has 2 aromatic rings. The Morgan fingerprint density at radius 3 is 1.86 bits per heavy atom. The third kappa shape index (κ3) is 6.06. The average Bonchev–Trinajstić information content (AvgIpc) is 2.61. The van der Waals surface area contributed by atoms with Crippen LogP contribution in [0.3, 0.4) is 0 Å². The van der Waals surface area contributed by atoms with Crippen LogP contribution in [-0.2, 0) is 13.3 Å². The first-order valence-corrected chi connectivity index (χ1v) is 11.5. The second-order valence-corrected chi connectivity index (χ2v) is 9.36. The molecule has 28 heavy (non-hydrogen) atoms. The zero-order valence-corrected chi connectivity index (χ0v) is 17.0. The van der Waals surface area contributed by atoms with E-state index in [4.69, 9.17) is 8.19 Å². The summed E-state index contributed by atoms with van der Waals surface area (Å²) >= 11 is -4.97. The van der Waals surface area contributed by atoms with Crippen LogP contribution in [0.25, 0.3) is 0 Å². The van der Waals surface area contributed by atoms with Gasteiger partial charge in [-0.1, -0.05) is 0 Å². The summed E-state index contributed by atoms with van der Waals surface area (Å²) in [5.74, 6) is -1.13. The average molecular weight is 446 g/mol. The van der Waals surface area contributed by atoms with Crippen LogP contribution in [0.1, 0.15) is 24.2 Å². The van der Waals surface area contributed by atoms with Crippen molar-refractivity contribution in [3.05, 3.63) is 65.7 Å². The molecule has 2 rings (SSSR count). The van der Waals surface area contributed by atoms with E-state index in [1.54, 1.807) is 24.3 Å². The fourth-order valence-electron chi connectivity index (χ4n) is 2.20. The van der Waals surface area contributed by atoms with Gasteiger partial charge < -0.3 is 0 Å². The number of rotatable bonds is 6. The second-order valence-electron chi connectivity index (χ2n) is 6.00. The first-order chi connectivity index (χ1) is 13.1. The third-order valence-corrected chi connectivity index (χ3v) is 5.76. The molecule has 0 unspecified atom stereocenters. The standard InChI is InChI=1S/C19H19AsN2O6/c1-12(19(25)22-17-7-3-14(4-8-17)13(2)23)11-18(24)21-16-9-5-15(6-10-16)20(26,27)28/h3-11H,1-2H3,(H,21,24)(H,22,25)(H2,26,27,28)/b12-11-. The van der Waals surface area contributed by atoms with Gasteiger partial charge in [0.05, 0.1) is 0 Å². The summed E-state index contributed by atoms with van der Waals surface area (Å²) in [5, 5.41) is 5.13. The zero-order valence-electron chi connectivity index (χ0n) is 15.2. The Hall–Kier alpha value is -2.93. The number of hydrogen-bond acceptors (Lipinski definition) is 4. The van der Waals surface area contributed by atoms with Crippen LogP contribution in [0, 0.1) is 0 Å². The Morgan fingerprint density at radius 2 is 1.36 bits per heavy atom. The van der Waals surface area contributed by atoms with E-state index in [1.165, 1.54) is 38.1 Å². The minimum atomic E-state index is -4.97. The smallest absolute Gasteiger partial charge is 0.0494 e. The number of ketones is 1. The molecule has 2 aromatic carbocycles. The Labute approximate surface area is 164 Å². The van der Waals surface area contributed by atoms with E-state index >= 15 is 0 Å². The van der Waals surface area contributed by atoms with Gasteiger partial charge in [-0.05, 0) is 19.1 Å². The molecule has 0 saturated heterocycles. The van der Waals surface area contributed by atoms with Crippen molar-refractivity contribution < 1.29 is 26.3 Å². The number of hydrogen-bond donors (Lipinski definition) is 4. The summed E-state index contributed by atoms with van der Waals surface area (Å²) in [6.07, 6.45) is 1.11. The van der Waals surface area contributed by atoms with Crippen molar-refractivity contribution in [2.75, 3.05) is 10.6 Å². The van der Waals surface area contributed by atoms with Crippen LogP contribution in [-0.4, -0.2) is 40.0 Å². The molecule has 4 N–H and O–H groups in total. The van der Waals surface area contributed by atoms with Gasteiger partial charge in [0.25, 0.3) is 0 Å². The topological polar surface area (TPSA) is 133 Å². The Bertz CT molecular complexity index is 974. The van der Waals surface area contributed by atoms with Gasteiger partial charge in [-0.3, -0.25) is 4.79 Å². The van der Waals surface area contributed by atoms with Gasteiger partial charge in [0.1, 0.15) is 0 Å². The maximum atomic E-state index is 12.2. The summed E-state index contributed by atoms with van der Waals surface area (Å²) < 4.78 is 29.3. The fraction of sp³-hybridized carbons (Fsp3) is 0.105. The fourth-order valence-corrected chi connectivity index (χ4v) is 3.33. The van der Waals surface area contributed by atoms with E-state index in [9.17, 15) is 18.1 Å². The second kappa shape index (κ2) is 8.84. The molecule has 0 aliphatic rings. The SMILES string of the molecule is CC(=O)c1ccc(NC(=O)/C(C)=C\C(=O)Nc2ccc([As](=O)(O)O)cc2)cc1. The molecule has 146 valence electrons. The summed E-state index contributed by atoms with van der Waals surface area (Å²) in [7, 11) is 0. The van der Waals surface area contributed by atoms with E-state index in [1.807, 2.05) is 0 Å². The monoisotopic (exact) mass is 446 g/mol. The zero-order chi connectivity index (χ0) is 20.9. The van der Waals surface area contributed by atoms with Gasteiger partial charge in [0.2, 0.25) is 0 Å². The van der Waals surface area contributed by atoms with E-state index in [0.29, 0.717) is 16.9 Å². The molecule has 0 spiro atoms. The minimum absolute atomic E-state index is 0.0829. The number of nitrogens with one attached hydrogen (secondary N) is 2. The van der Waals surface area contributed by atoms with Crippen molar-refractivity contribution in [3.63, 3.8) is 0 Å². The summed E-state index contributed by atoms with van der Waals surface area (Å²) in [5.41, 5.74) is 1.50. The number of amides is 2. The molecular formula is C19H19AsN2O6. The minimum Gasteiger partial charge on any atom is -0.0494 e. The number of Topliss-reactive ketones (excluding diaryl/α,β-unsaturated/α-hetero) is 1. The van der Waals surface area contributed by atoms with Crippen LogP contribution in [0.5, 0.6) is 0 Å². The predicted octanol–water partition coefficient (Wildman–Crippen LogP) is 0.974. The Morgan fingerprint density at radius 1 is 0.857 bits per heavy atom. The van der Waals surface area contributed by atoms with Gasteiger partial charge in [-0.15, -0.1) is 0 Å². The third-order valence-electron chi connectivity index (χ3n) is 3.73. The molecule has 9 heteroatoms. The van der Waals surface area contributed by atoms with E-state index < -0.39 is 26.0 Å². The Kier molecular flexibility index (Phi) is 6.75. The molecule has 0 aromatic heterocycles. The van der Waals surface area contributed by atoms with Crippen molar-refractivity contribution in [3.8, 4) is 0 Å². The first-order valence-electron chi connectivity index (χ1n) is 8.14. The molecule has 2 amide bonds. The molecule has 0 saturated carbocycles. The van der Waals surface area contributed by atoms with Crippen LogP contribution < -0.4 is 15.0 Å². The molecule has 0 radical (unpaired) electrons. The van der Waals surface area contributed by atoms with Crippen LogP contribution in [0.4, 0.5) is 11.4 Å². The predicted molar refractivity (Wildman–Crippen MR) is 104 cm³/mol. The quantitative estimate of drug-likeness (QED) is 0.297.